The number of hydrogen-bond acceptors (Lipinski definition) is 0. The average Bonchev–Trinajstić information content (AvgIpc) is 2.63. The predicted molar refractivity (Wildman–Crippen MR) is 54.0 cm³/mol. The van der Waals surface area contributed by atoms with Gasteiger partial charge in [-0.15, -0.1) is 0 Å². The van der Waals surface area contributed by atoms with Gasteiger partial charge in [0.2, 0.25) is 0 Å². The molecule has 0 aromatic rings. The summed E-state index contributed by atoms with van der Waals surface area (Å²) in [6.07, 6.45) is 9.71. The van der Waals surface area contributed by atoms with Crippen molar-refractivity contribution >= 4 is 0 Å². The van der Waals surface area contributed by atoms with Crippen LogP contribution in [0.2, 0.25) is 0 Å². The summed E-state index contributed by atoms with van der Waals surface area (Å²) in [5.41, 5.74) is 0.968. The van der Waals surface area contributed by atoms with Gasteiger partial charge in [0.05, 0.1) is 0 Å². The lowest BCUT2D eigenvalue weighted by molar-refractivity contribution is 0.168. The molecule has 2 unspecified atom stereocenters. The van der Waals surface area contributed by atoms with E-state index in [1.165, 1.54) is 12.8 Å². The molecule has 13 heavy (non-hydrogen) atoms. The Morgan fingerprint density at radius 3 is 2.69 bits per heavy atom. The third kappa shape index (κ3) is 0.714. The van der Waals surface area contributed by atoms with Crippen LogP contribution < -0.4 is 0 Å². The summed E-state index contributed by atoms with van der Waals surface area (Å²) < 4.78 is 0. The first kappa shape index (κ1) is 8.32. The molecule has 0 amide bonds. The maximum Gasteiger partial charge on any atom is -0.00659 e. The van der Waals surface area contributed by atoms with Crippen LogP contribution >= 0.6 is 0 Å². The van der Waals surface area contributed by atoms with Crippen LogP contribution in [0.3, 0.4) is 0 Å². The first-order valence-corrected chi connectivity index (χ1v) is 5.33. The predicted octanol–water partition coefficient (Wildman–Crippen LogP) is 3.22. The highest BCUT2D eigenvalue weighted by atomic mass is 14.7. The first-order chi connectivity index (χ1) is 6.07. The van der Waals surface area contributed by atoms with Crippen molar-refractivity contribution in [1.82, 2.24) is 0 Å². The van der Waals surface area contributed by atoms with Gasteiger partial charge in [0.25, 0.3) is 0 Å². The van der Waals surface area contributed by atoms with Gasteiger partial charge >= 0.3 is 0 Å². The molecule has 0 heterocycles. The van der Waals surface area contributed by atoms with Crippen LogP contribution in [0.25, 0.3) is 0 Å². The quantitative estimate of drug-likeness (QED) is 0.527. The van der Waals surface area contributed by atoms with E-state index in [1.807, 2.05) is 0 Å². The van der Waals surface area contributed by atoms with E-state index in [0.717, 1.165) is 5.92 Å². The van der Waals surface area contributed by atoms with Gasteiger partial charge in [-0.3, -0.25) is 0 Å². The largest absolute Gasteiger partial charge is 0.0591 e. The Bertz CT molecular complexity index is 238. The average molecular weight is 173 g/mol. The molecule has 3 saturated carbocycles. The second kappa shape index (κ2) is 2.15. The van der Waals surface area contributed by atoms with E-state index in [2.05, 4.69) is 40.0 Å². The fraction of sp³-hybridized carbons (Fsp3) is 0.615. The molecule has 3 rings (SSSR count). The minimum Gasteiger partial charge on any atom is -0.0591 e. The summed E-state index contributed by atoms with van der Waals surface area (Å²) in [5, 5.41) is 0. The number of hydrogen-bond donors (Lipinski definition) is 0. The summed E-state index contributed by atoms with van der Waals surface area (Å²) >= 11 is 0. The number of fused-ring (bicyclic) bond motifs is 5. The Morgan fingerprint density at radius 1 is 1.23 bits per heavy atom. The van der Waals surface area contributed by atoms with Crippen molar-refractivity contribution in [3.8, 4) is 0 Å². The van der Waals surface area contributed by atoms with Gasteiger partial charge in [0, 0.05) is 0 Å². The second-order valence-electron chi connectivity index (χ2n) is 5.54. The molecule has 0 N–H and O–H groups in total. The molecule has 2 atom stereocenters. The molecule has 0 aromatic heterocycles. The molecule has 0 aliphatic heterocycles. The Kier molecular flexibility index (Phi) is 1.37. The molecule has 3 fully saturated rings. The van der Waals surface area contributed by atoms with Crippen LogP contribution in [0.1, 0.15) is 33.6 Å². The zero-order valence-corrected chi connectivity index (χ0v) is 8.72. The van der Waals surface area contributed by atoms with Gasteiger partial charge in [-0.2, -0.15) is 0 Å². The van der Waals surface area contributed by atoms with Gasteiger partial charge in [0.15, 0.2) is 0 Å². The van der Waals surface area contributed by atoms with Crippen LogP contribution in [0.4, 0.5) is 0 Å². The maximum atomic E-state index is 2.46. The van der Waals surface area contributed by atoms with Crippen molar-refractivity contribution in [3.05, 3.63) is 31.1 Å². The lowest BCUT2D eigenvalue weighted by atomic mass is 9.66. The Labute approximate surface area is 82.1 Å². The molecule has 0 saturated heterocycles. The Hall–Kier alpha value is 0. The summed E-state index contributed by atoms with van der Waals surface area (Å²) in [7, 11) is 0. The van der Waals surface area contributed by atoms with Crippen LogP contribution in [-0.4, -0.2) is 0 Å². The van der Waals surface area contributed by atoms with Crippen molar-refractivity contribution in [2.45, 2.75) is 33.6 Å². The van der Waals surface area contributed by atoms with Gasteiger partial charge < -0.3 is 0 Å². The van der Waals surface area contributed by atoms with E-state index < -0.39 is 0 Å². The fourth-order valence-electron chi connectivity index (χ4n) is 3.77. The minimum absolute atomic E-state index is 0.469. The van der Waals surface area contributed by atoms with Crippen molar-refractivity contribution < 1.29 is 0 Å². The third-order valence-electron chi connectivity index (χ3n) is 5.05. The van der Waals surface area contributed by atoms with Crippen LogP contribution in [0.5, 0.6) is 0 Å². The highest BCUT2D eigenvalue weighted by Crippen LogP contribution is 2.75. The van der Waals surface area contributed by atoms with Crippen LogP contribution in [-0.2, 0) is 0 Å². The Morgan fingerprint density at radius 2 is 2.00 bits per heavy atom. The highest BCUT2D eigenvalue weighted by Gasteiger charge is 2.67. The fourth-order valence-corrected chi connectivity index (χ4v) is 3.77. The first-order valence-electron chi connectivity index (χ1n) is 5.33. The summed E-state index contributed by atoms with van der Waals surface area (Å²) in [6, 6.07) is 0. The van der Waals surface area contributed by atoms with Crippen molar-refractivity contribution in [1.29, 1.82) is 0 Å². The standard InChI is InChI=1S/C13H17/c1-12(2)10-7-8-13(12,3)11-6-4-5-9(10)11/h4-6,10H,7-8H2,1-3H3. The van der Waals surface area contributed by atoms with Gasteiger partial charge in [-0.25, -0.2) is 0 Å². The van der Waals surface area contributed by atoms with Gasteiger partial charge in [0.1, 0.15) is 0 Å². The molecule has 5 radical (unpaired) electrons. The number of rotatable bonds is 0. The van der Waals surface area contributed by atoms with E-state index in [0.29, 0.717) is 10.8 Å². The SMILES string of the molecule is CC12CCC([C]3[CH][CH][CH][C]31)C2(C)C. The van der Waals surface area contributed by atoms with E-state index in [4.69, 9.17) is 0 Å². The third-order valence-corrected chi connectivity index (χ3v) is 5.05. The van der Waals surface area contributed by atoms with Gasteiger partial charge in [-0.05, 0) is 60.7 Å². The summed E-state index contributed by atoms with van der Waals surface area (Å²) in [6.45, 7) is 7.36. The molecule has 69 valence electrons. The molecular formula is C13H17. The van der Waals surface area contributed by atoms with Gasteiger partial charge in [-0.1, -0.05) is 20.8 Å². The normalized spacial score (nSPS) is 48.7. The van der Waals surface area contributed by atoms with E-state index in [-0.39, 0.29) is 0 Å². The molecule has 3 aliphatic rings. The second-order valence-corrected chi connectivity index (χ2v) is 5.54. The van der Waals surface area contributed by atoms with Crippen molar-refractivity contribution in [2.24, 2.45) is 16.7 Å². The molecule has 0 nitrogen and oxygen atoms in total. The molecule has 0 heteroatoms. The lowest BCUT2D eigenvalue weighted by Crippen LogP contribution is -2.31. The highest BCUT2D eigenvalue weighted by molar-refractivity contribution is 5.56. The zero-order chi connectivity index (χ0) is 9.27. The van der Waals surface area contributed by atoms with E-state index in [9.17, 15) is 0 Å². The maximum absolute atomic E-state index is 2.46. The van der Waals surface area contributed by atoms with Crippen molar-refractivity contribution in [2.75, 3.05) is 0 Å². The minimum atomic E-state index is 0.469. The van der Waals surface area contributed by atoms with Crippen molar-refractivity contribution in [3.63, 3.8) is 0 Å². The molecular weight excluding hydrogens is 156 g/mol. The van der Waals surface area contributed by atoms with Crippen LogP contribution in [0, 0.1) is 47.8 Å². The molecule has 2 bridgehead atoms. The van der Waals surface area contributed by atoms with E-state index >= 15 is 0 Å². The molecule has 0 spiro atoms. The molecule has 3 aliphatic carbocycles. The summed E-state index contributed by atoms with van der Waals surface area (Å²) in [5.74, 6) is 4.13. The lowest BCUT2D eigenvalue weighted by Gasteiger charge is -2.38. The molecule has 0 aromatic carbocycles. The smallest absolute Gasteiger partial charge is 0.00659 e. The monoisotopic (exact) mass is 173 g/mol. The van der Waals surface area contributed by atoms with Crippen LogP contribution in [0.15, 0.2) is 0 Å². The van der Waals surface area contributed by atoms with E-state index in [1.54, 1.807) is 11.8 Å². The topological polar surface area (TPSA) is 0 Å². The zero-order valence-electron chi connectivity index (χ0n) is 8.72. The summed E-state index contributed by atoms with van der Waals surface area (Å²) in [4.78, 5) is 0. The Balaban J connectivity index is 2.07.